The van der Waals surface area contributed by atoms with Gasteiger partial charge in [-0.1, -0.05) is 0 Å². The van der Waals surface area contributed by atoms with E-state index in [9.17, 15) is 13.6 Å². The topological polar surface area (TPSA) is 65.7 Å². The van der Waals surface area contributed by atoms with Crippen molar-refractivity contribution in [1.29, 1.82) is 0 Å². The Bertz CT molecular complexity index is 897. The largest absolute Gasteiger partial charge is 0.464 e. The van der Waals surface area contributed by atoms with Crippen molar-refractivity contribution in [2.75, 3.05) is 7.11 Å². The average Bonchev–Trinajstić information content (AvgIpc) is 2.95. The Hall–Kier alpha value is -2.55. The van der Waals surface area contributed by atoms with Gasteiger partial charge in [-0.3, -0.25) is 0 Å². The van der Waals surface area contributed by atoms with E-state index in [4.69, 9.17) is 4.74 Å². The number of nitrogens with zero attached hydrogens (tertiary/aromatic N) is 3. The summed E-state index contributed by atoms with van der Waals surface area (Å²) in [6.07, 6.45) is 1.51. The van der Waals surface area contributed by atoms with Crippen molar-refractivity contribution in [3.05, 3.63) is 46.7 Å². The van der Waals surface area contributed by atoms with Gasteiger partial charge in [0, 0.05) is 5.56 Å². The quantitative estimate of drug-likeness (QED) is 0.629. The molecule has 0 aliphatic rings. The summed E-state index contributed by atoms with van der Waals surface area (Å²) in [5.74, 6) is -0.537. The van der Waals surface area contributed by atoms with Crippen molar-refractivity contribution in [2.45, 2.75) is 6.61 Å². The maximum absolute atomic E-state index is 12.2. The maximum Gasteiger partial charge on any atom is 0.387 e. The minimum Gasteiger partial charge on any atom is -0.464 e. The average molecular weight is 398 g/mol. The molecule has 2 aromatic heterocycles. The van der Waals surface area contributed by atoms with Crippen molar-refractivity contribution in [3.63, 3.8) is 0 Å². The van der Waals surface area contributed by atoms with Crippen LogP contribution in [0.3, 0.4) is 0 Å². The highest BCUT2D eigenvalue weighted by Crippen LogP contribution is 2.26. The van der Waals surface area contributed by atoms with Crippen LogP contribution in [0, 0.1) is 0 Å². The van der Waals surface area contributed by atoms with E-state index in [1.165, 1.54) is 36.0 Å². The molecule has 0 spiro atoms. The van der Waals surface area contributed by atoms with Crippen molar-refractivity contribution >= 4 is 27.5 Å². The molecule has 6 nitrogen and oxygen atoms in total. The molecule has 0 bridgehead atoms. The maximum atomic E-state index is 12.2. The van der Waals surface area contributed by atoms with Gasteiger partial charge in [0.05, 0.1) is 23.5 Å². The predicted molar refractivity (Wildman–Crippen MR) is 84.1 cm³/mol. The van der Waals surface area contributed by atoms with E-state index in [0.717, 1.165) is 0 Å². The van der Waals surface area contributed by atoms with Crippen molar-refractivity contribution in [3.8, 4) is 17.0 Å². The van der Waals surface area contributed by atoms with E-state index < -0.39 is 12.6 Å². The van der Waals surface area contributed by atoms with Crippen LogP contribution in [0.1, 0.15) is 10.5 Å². The van der Waals surface area contributed by atoms with Crippen LogP contribution < -0.4 is 4.74 Å². The molecule has 0 fully saturated rings. The predicted octanol–water partition coefficient (Wildman–Crippen LogP) is 3.55. The smallest absolute Gasteiger partial charge is 0.387 e. The summed E-state index contributed by atoms with van der Waals surface area (Å²) in [6.45, 7) is -2.89. The van der Waals surface area contributed by atoms with Crippen LogP contribution in [-0.4, -0.2) is 34.3 Å². The Morgan fingerprint density at radius 2 is 2.00 bits per heavy atom. The van der Waals surface area contributed by atoms with E-state index in [0.29, 0.717) is 21.4 Å². The molecule has 0 amide bonds. The summed E-state index contributed by atoms with van der Waals surface area (Å²) in [5, 5.41) is 4.07. The van der Waals surface area contributed by atoms with Crippen LogP contribution in [-0.2, 0) is 4.74 Å². The van der Waals surface area contributed by atoms with Gasteiger partial charge < -0.3 is 9.47 Å². The second-order valence-corrected chi connectivity index (χ2v) is 5.50. The number of hydrogen-bond acceptors (Lipinski definition) is 5. The summed E-state index contributed by atoms with van der Waals surface area (Å²) >= 11 is 3.32. The molecule has 124 valence electrons. The third kappa shape index (κ3) is 3.07. The number of carbonyl (C=O) groups excluding carboxylic acids is 1. The van der Waals surface area contributed by atoms with Gasteiger partial charge in [-0.25, -0.2) is 14.3 Å². The lowest BCUT2D eigenvalue weighted by atomic mass is 10.1. The van der Waals surface area contributed by atoms with Gasteiger partial charge in [0.15, 0.2) is 11.3 Å². The van der Waals surface area contributed by atoms with Crippen LogP contribution in [0.15, 0.2) is 41.0 Å². The number of benzene rings is 1. The molecular formula is C15H10BrF2N3O3. The van der Waals surface area contributed by atoms with Crippen LogP contribution in [0.2, 0.25) is 0 Å². The second-order valence-electron chi connectivity index (χ2n) is 4.65. The first-order valence-corrected chi connectivity index (χ1v) is 7.46. The molecule has 0 aliphatic carbocycles. The first-order valence-electron chi connectivity index (χ1n) is 6.67. The summed E-state index contributed by atoms with van der Waals surface area (Å²) in [4.78, 5) is 16.4. The van der Waals surface area contributed by atoms with Crippen molar-refractivity contribution in [2.24, 2.45) is 0 Å². The van der Waals surface area contributed by atoms with Crippen molar-refractivity contribution < 1.29 is 23.0 Å². The molecule has 0 atom stereocenters. The number of carbonyl (C=O) groups is 1. The third-order valence-corrected chi connectivity index (χ3v) is 3.76. The molecule has 0 saturated carbocycles. The SMILES string of the molecule is COC(=O)c1cc(-c2ccc(OC(F)F)cc2)nc2c(Br)cnn12. The lowest BCUT2D eigenvalue weighted by Gasteiger charge is -2.08. The van der Waals surface area contributed by atoms with E-state index >= 15 is 0 Å². The van der Waals surface area contributed by atoms with Crippen LogP contribution >= 0.6 is 15.9 Å². The molecule has 3 aromatic rings. The molecule has 9 heteroatoms. The minimum absolute atomic E-state index is 0.0357. The van der Waals surface area contributed by atoms with E-state index in [1.54, 1.807) is 12.1 Å². The highest BCUT2D eigenvalue weighted by atomic mass is 79.9. The van der Waals surface area contributed by atoms with Gasteiger partial charge >= 0.3 is 12.6 Å². The zero-order valence-corrected chi connectivity index (χ0v) is 13.8. The number of hydrogen-bond donors (Lipinski definition) is 0. The summed E-state index contributed by atoms with van der Waals surface area (Å²) in [5.41, 5.74) is 1.71. The Kier molecular flexibility index (Phi) is 4.43. The lowest BCUT2D eigenvalue weighted by molar-refractivity contribution is -0.0498. The molecule has 2 heterocycles. The third-order valence-electron chi connectivity index (χ3n) is 3.20. The Morgan fingerprint density at radius 1 is 1.29 bits per heavy atom. The second kappa shape index (κ2) is 6.52. The van der Waals surface area contributed by atoms with Crippen molar-refractivity contribution in [1.82, 2.24) is 14.6 Å². The summed E-state index contributed by atoms with van der Waals surface area (Å²) < 4.78 is 35.4. The minimum atomic E-state index is -2.89. The molecule has 3 rings (SSSR count). The number of rotatable bonds is 4. The highest BCUT2D eigenvalue weighted by Gasteiger charge is 2.17. The van der Waals surface area contributed by atoms with E-state index in [-0.39, 0.29) is 11.4 Å². The fourth-order valence-corrected chi connectivity index (χ4v) is 2.49. The van der Waals surface area contributed by atoms with Gasteiger partial charge in [0.25, 0.3) is 0 Å². The van der Waals surface area contributed by atoms with E-state index in [1.807, 2.05) is 0 Å². The lowest BCUT2D eigenvalue weighted by Crippen LogP contribution is -2.10. The Balaban J connectivity index is 2.09. The number of aromatic nitrogens is 3. The molecule has 0 saturated heterocycles. The molecule has 0 N–H and O–H groups in total. The Morgan fingerprint density at radius 3 is 2.62 bits per heavy atom. The first-order chi connectivity index (χ1) is 11.5. The summed E-state index contributed by atoms with van der Waals surface area (Å²) in [7, 11) is 1.27. The zero-order valence-electron chi connectivity index (χ0n) is 12.2. The van der Waals surface area contributed by atoms with Gasteiger partial charge in [-0.15, -0.1) is 0 Å². The van der Waals surface area contributed by atoms with Crippen LogP contribution in [0.4, 0.5) is 8.78 Å². The number of alkyl halides is 2. The number of fused-ring (bicyclic) bond motifs is 1. The standard InChI is InChI=1S/C15H10BrF2N3O3/c1-23-14(22)12-6-11(20-13-10(16)7-19-21(12)13)8-2-4-9(5-3-8)24-15(17)18/h2-7,15H,1H3. The van der Waals surface area contributed by atoms with Crippen LogP contribution in [0.25, 0.3) is 16.9 Å². The summed E-state index contributed by atoms with van der Waals surface area (Å²) in [6, 6.07) is 7.46. The Labute approximate surface area is 143 Å². The number of ether oxygens (including phenoxy) is 2. The number of halogens is 3. The van der Waals surface area contributed by atoms with Gasteiger partial charge in [0.1, 0.15) is 5.75 Å². The zero-order chi connectivity index (χ0) is 17.3. The van der Waals surface area contributed by atoms with Crippen LogP contribution in [0.5, 0.6) is 5.75 Å². The van der Waals surface area contributed by atoms with Gasteiger partial charge in [-0.05, 0) is 46.3 Å². The molecule has 0 unspecified atom stereocenters. The monoisotopic (exact) mass is 397 g/mol. The van der Waals surface area contributed by atoms with E-state index in [2.05, 4.69) is 30.7 Å². The first kappa shape index (κ1) is 16.3. The highest BCUT2D eigenvalue weighted by molar-refractivity contribution is 9.10. The molecule has 0 aliphatic heterocycles. The van der Waals surface area contributed by atoms with Gasteiger partial charge in [-0.2, -0.15) is 13.9 Å². The number of methoxy groups -OCH3 is 1. The molecule has 1 aromatic carbocycles. The fourth-order valence-electron chi connectivity index (χ4n) is 2.14. The number of esters is 1. The van der Waals surface area contributed by atoms with Gasteiger partial charge in [0.2, 0.25) is 0 Å². The normalized spacial score (nSPS) is 11.0. The molecular weight excluding hydrogens is 388 g/mol. The fraction of sp³-hybridized carbons (Fsp3) is 0.133. The molecule has 24 heavy (non-hydrogen) atoms. The molecule has 0 radical (unpaired) electrons.